The fourth-order valence-electron chi connectivity index (χ4n) is 2.02. The SMILES string of the molecule is Cc1ccc(Br)cc1C(Cl)Cc1ccc([N+](=O)[O-])cc1. The summed E-state index contributed by atoms with van der Waals surface area (Å²) in [6.45, 7) is 2.02. The van der Waals surface area contributed by atoms with E-state index in [9.17, 15) is 10.1 Å². The Morgan fingerprint density at radius 3 is 2.50 bits per heavy atom. The fourth-order valence-corrected chi connectivity index (χ4v) is 2.81. The molecular formula is C15H13BrClNO2. The van der Waals surface area contributed by atoms with E-state index in [-0.39, 0.29) is 11.1 Å². The van der Waals surface area contributed by atoms with Crippen LogP contribution in [0, 0.1) is 17.0 Å². The maximum Gasteiger partial charge on any atom is 0.269 e. The van der Waals surface area contributed by atoms with Gasteiger partial charge in [0.2, 0.25) is 0 Å². The molecule has 0 spiro atoms. The number of halogens is 2. The zero-order valence-electron chi connectivity index (χ0n) is 10.8. The van der Waals surface area contributed by atoms with Crippen LogP contribution in [0.1, 0.15) is 22.1 Å². The van der Waals surface area contributed by atoms with Crippen molar-refractivity contribution in [1.82, 2.24) is 0 Å². The van der Waals surface area contributed by atoms with Crippen LogP contribution in [0.4, 0.5) is 5.69 Å². The lowest BCUT2D eigenvalue weighted by molar-refractivity contribution is -0.384. The van der Waals surface area contributed by atoms with Crippen molar-refractivity contribution in [2.75, 3.05) is 0 Å². The van der Waals surface area contributed by atoms with Gasteiger partial charge >= 0.3 is 0 Å². The molecule has 0 fully saturated rings. The number of alkyl halides is 1. The van der Waals surface area contributed by atoms with Crippen LogP contribution in [-0.4, -0.2) is 4.92 Å². The normalized spacial score (nSPS) is 12.2. The molecule has 0 aliphatic carbocycles. The summed E-state index contributed by atoms with van der Waals surface area (Å²) in [7, 11) is 0. The number of hydrogen-bond donors (Lipinski definition) is 0. The van der Waals surface area contributed by atoms with E-state index in [1.165, 1.54) is 12.1 Å². The second-order valence-corrected chi connectivity index (χ2v) is 6.04. The first-order valence-corrected chi connectivity index (χ1v) is 7.34. The monoisotopic (exact) mass is 353 g/mol. The summed E-state index contributed by atoms with van der Waals surface area (Å²) >= 11 is 9.91. The van der Waals surface area contributed by atoms with Gasteiger partial charge in [0.1, 0.15) is 0 Å². The van der Waals surface area contributed by atoms with Gasteiger partial charge < -0.3 is 0 Å². The van der Waals surface area contributed by atoms with Crippen molar-refractivity contribution >= 4 is 33.2 Å². The average Bonchev–Trinajstić information content (AvgIpc) is 2.42. The van der Waals surface area contributed by atoms with Gasteiger partial charge in [-0.25, -0.2) is 0 Å². The smallest absolute Gasteiger partial charge is 0.258 e. The molecule has 104 valence electrons. The Hall–Kier alpha value is -1.39. The molecule has 0 heterocycles. The molecule has 5 heteroatoms. The standard InChI is InChI=1S/C15H13BrClNO2/c1-10-2-5-12(16)9-14(10)15(17)8-11-3-6-13(7-4-11)18(19)20/h2-7,9,15H,8H2,1H3. The van der Waals surface area contributed by atoms with Crippen LogP contribution >= 0.6 is 27.5 Å². The van der Waals surface area contributed by atoms with E-state index in [4.69, 9.17) is 11.6 Å². The summed E-state index contributed by atoms with van der Waals surface area (Å²) in [5, 5.41) is 10.5. The summed E-state index contributed by atoms with van der Waals surface area (Å²) in [5.41, 5.74) is 3.28. The van der Waals surface area contributed by atoms with Crippen LogP contribution in [-0.2, 0) is 6.42 Å². The van der Waals surface area contributed by atoms with Crippen molar-refractivity contribution in [1.29, 1.82) is 0 Å². The largest absolute Gasteiger partial charge is 0.269 e. The fraction of sp³-hybridized carbons (Fsp3) is 0.200. The third kappa shape index (κ3) is 3.58. The Morgan fingerprint density at radius 2 is 1.90 bits per heavy atom. The minimum Gasteiger partial charge on any atom is -0.258 e. The minimum absolute atomic E-state index is 0.0958. The van der Waals surface area contributed by atoms with Gasteiger partial charge in [0, 0.05) is 16.6 Å². The predicted octanol–water partition coefficient (Wildman–Crippen LogP) is 5.19. The lowest BCUT2D eigenvalue weighted by Gasteiger charge is -2.13. The number of nitro groups is 1. The van der Waals surface area contributed by atoms with E-state index in [0.29, 0.717) is 6.42 Å². The van der Waals surface area contributed by atoms with Gasteiger partial charge in [0.25, 0.3) is 5.69 Å². The summed E-state index contributed by atoms with van der Waals surface area (Å²) in [6.07, 6.45) is 0.636. The lowest BCUT2D eigenvalue weighted by atomic mass is 10.00. The van der Waals surface area contributed by atoms with Gasteiger partial charge in [-0.15, -0.1) is 11.6 Å². The molecule has 0 aromatic heterocycles. The second kappa shape index (κ2) is 6.37. The Kier molecular flexibility index (Phi) is 4.78. The number of benzene rings is 2. The molecule has 2 aromatic carbocycles. The van der Waals surface area contributed by atoms with Crippen molar-refractivity contribution in [2.24, 2.45) is 0 Å². The molecule has 20 heavy (non-hydrogen) atoms. The number of non-ortho nitro benzene ring substituents is 1. The summed E-state index contributed by atoms with van der Waals surface area (Å²) in [5.74, 6) is 0. The Bertz CT molecular complexity index is 628. The first-order valence-electron chi connectivity index (χ1n) is 6.11. The molecule has 0 aliphatic rings. The first-order chi connectivity index (χ1) is 9.47. The summed E-state index contributed by atoms with van der Waals surface area (Å²) < 4.78 is 0.993. The highest BCUT2D eigenvalue weighted by Gasteiger charge is 2.13. The third-order valence-electron chi connectivity index (χ3n) is 3.14. The van der Waals surface area contributed by atoms with Crippen molar-refractivity contribution in [3.63, 3.8) is 0 Å². The molecule has 3 nitrogen and oxygen atoms in total. The molecule has 0 saturated heterocycles. The highest BCUT2D eigenvalue weighted by molar-refractivity contribution is 9.10. The minimum atomic E-state index is -0.402. The van der Waals surface area contributed by atoms with Gasteiger partial charge in [-0.1, -0.05) is 34.1 Å². The zero-order chi connectivity index (χ0) is 14.7. The molecule has 0 radical (unpaired) electrons. The predicted molar refractivity (Wildman–Crippen MR) is 84.3 cm³/mol. The average molecular weight is 355 g/mol. The molecule has 0 bridgehead atoms. The van der Waals surface area contributed by atoms with Gasteiger partial charge in [0.05, 0.1) is 10.3 Å². The Morgan fingerprint density at radius 1 is 1.25 bits per heavy atom. The second-order valence-electron chi connectivity index (χ2n) is 4.60. The molecule has 0 aliphatic heterocycles. The molecule has 1 atom stereocenters. The number of aryl methyl sites for hydroxylation is 1. The Labute approximate surface area is 130 Å². The molecular weight excluding hydrogens is 342 g/mol. The molecule has 2 aromatic rings. The van der Waals surface area contributed by atoms with Crippen LogP contribution in [0.15, 0.2) is 46.9 Å². The third-order valence-corrected chi connectivity index (χ3v) is 4.02. The number of nitrogens with zero attached hydrogens (tertiary/aromatic N) is 1. The van der Waals surface area contributed by atoms with E-state index in [1.807, 2.05) is 25.1 Å². The van der Waals surface area contributed by atoms with E-state index < -0.39 is 4.92 Å². The van der Waals surface area contributed by atoms with Crippen LogP contribution in [0.5, 0.6) is 0 Å². The van der Waals surface area contributed by atoms with E-state index in [0.717, 1.165) is 21.2 Å². The maximum absolute atomic E-state index is 10.6. The topological polar surface area (TPSA) is 43.1 Å². The van der Waals surface area contributed by atoms with Crippen LogP contribution in [0.3, 0.4) is 0 Å². The molecule has 0 saturated carbocycles. The van der Waals surface area contributed by atoms with Crippen LogP contribution < -0.4 is 0 Å². The van der Waals surface area contributed by atoms with E-state index in [2.05, 4.69) is 15.9 Å². The van der Waals surface area contributed by atoms with Crippen molar-refractivity contribution in [3.8, 4) is 0 Å². The lowest BCUT2D eigenvalue weighted by Crippen LogP contribution is -1.99. The van der Waals surface area contributed by atoms with Gasteiger partial charge in [-0.05, 0) is 42.2 Å². The van der Waals surface area contributed by atoms with Crippen LogP contribution in [0.25, 0.3) is 0 Å². The number of hydrogen-bond acceptors (Lipinski definition) is 2. The van der Waals surface area contributed by atoms with Crippen LogP contribution in [0.2, 0.25) is 0 Å². The molecule has 2 rings (SSSR count). The van der Waals surface area contributed by atoms with E-state index >= 15 is 0 Å². The van der Waals surface area contributed by atoms with Gasteiger partial charge in [0.15, 0.2) is 0 Å². The first kappa shape index (κ1) is 15.0. The number of rotatable bonds is 4. The molecule has 1 unspecified atom stereocenters. The Balaban J connectivity index is 2.16. The van der Waals surface area contributed by atoms with Crippen molar-refractivity contribution in [2.45, 2.75) is 18.7 Å². The molecule has 0 N–H and O–H groups in total. The van der Waals surface area contributed by atoms with Crippen molar-refractivity contribution in [3.05, 3.63) is 73.7 Å². The summed E-state index contributed by atoms with van der Waals surface area (Å²) in [6, 6.07) is 12.5. The highest BCUT2D eigenvalue weighted by atomic mass is 79.9. The zero-order valence-corrected chi connectivity index (χ0v) is 13.2. The van der Waals surface area contributed by atoms with Crippen molar-refractivity contribution < 1.29 is 4.92 Å². The quantitative estimate of drug-likeness (QED) is 0.431. The van der Waals surface area contributed by atoms with Gasteiger partial charge in [-0.2, -0.15) is 0 Å². The maximum atomic E-state index is 10.6. The highest BCUT2D eigenvalue weighted by Crippen LogP contribution is 2.30. The number of nitro benzene ring substituents is 1. The molecule has 0 amide bonds. The van der Waals surface area contributed by atoms with Gasteiger partial charge in [-0.3, -0.25) is 10.1 Å². The summed E-state index contributed by atoms with van der Waals surface area (Å²) in [4.78, 5) is 10.2. The van der Waals surface area contributed by atoms with E-state index in [1.54, 1.807) is 12.1 Å².